The molecule has 0 unspecified atom stereocenters. The Kier molecular flexibility index (Phi) is 4.57. The SMILES string of the molecule is CC(C)CCc1noc(CN2CCC[C@H]2c2cnn(C)c2)n1. The van der Waals surface area contributed by atoms with Crippen molar-refractivity contribution in [1.29, 1.82) is 0 Å². The van der Waals surface area contributed by atoms with Crippen LogP contribution >= 0.6 is 0 Å². The Morgan fingerprint density at radius 1 is 1.41 bits per heavy atom. The lowest BCUT2D eigenvalue weighted by molar-refractivity contribution is 0.212. The molecule has 0 saturated carbocycles. The van der Waals surface area contributed by atoms with Gasteiger partial charge in [0, 0.05) is 31.3 Å². The van der Waals surface area contributed by atoms with Gasteiger partial charge in [0.25, 0.3) is 0 Å². The van der Waals surface area contributed by atoms with Crippen molar-refractivity contribution in [2.45, 2.75) is 52.1 Å². The molecule has 0 bridgehead atoms. The molecule has 6 nitrogen and oxygen atoms in total. The summed E-state index contributed by atoms with van der Waals surface area (Å²) in [5.74, 6) is 2.23. The van der Waals surface area contributed by atoms with E-state index < -0.39 is 0 Å². The number of aryl methyl sites for hydroxylation is 2. The largest absolute Gasteiger partial charge is 0.338 e. The van der Waals surface area contributed by atoms with Crippen LogP contribution in [0.25, 0.3) is 0 Å². The summed E-state index contributed by atoms with van der Waals surface area (Å²) in [6, 6.07) is 0.416. The second-order valence-electron chi connectivity index (χ2n) is 6.61. The number of likely N-dealkylation sites (tertiary alicyclic amines) is 1. The van der Waals surface area contributed by atoms with Gasteiger partial charge in [-0.15, -0.1) is 0 Å². The maximum atomic E-state index is 5.42. The predicted molar refractivity (Wildman–Crippen MR) is 83.1 cm³/mol. The molecule has 1 atom stereocenters. The first-order chi connectivity index (χ1) is 10.6. The van der Waals surface area contributed by atoms with E-state index in [1.54, 1.807) is 0 Å². The molecular weight excluding hydrogens is 278 g/mol. The van der Waals surface area contributed by atoms with Gasteiger partial charge < -0.3 is 4.52 Å². The number of hydrogen-bond acceptors (Lipinski definition) is 5. The molecule has 6 heteroatoms. The van der Waals surface area contributed by atoms with Crippen molar-refractivity contribution < 1.29 is 4.52 Å². The molecule has 22 heavy (non-hydrogen) atoms. The summed E-state index contributed by atoms with van der Waals surface area (Å²) in [4.78, 5) is 6.95. The topological polar surface area (TPSA) is 60.0 Å². The molecule has 2 aromatic heterocycles. The van der Waals surface area contributed by atoms with Crippen LogP contribution in [0.1, 0.15) is 56.4 Å². The Hall–Kier alpha value is -1.69. The number of nitrogens with zero attached hydrogens (tertiary/aromatic N) is 5. The van der Waals surface area contributed by atoms with E-state index in [1.165, 1.54) is 18.4 Å². The van der Waals surface area contributed by atoms with Gasteiger partial charge in [-0.1, -0.05) is 19.0 Å². The fourth-order valence-corrected chi connectivity index (χ4v) is 3.05. The smallest absolute Gasteiger partial charge is 0.240 e. The minimum absolute atomic E-state index is 0.416. The summed E-state index contributed by atoms with van der Waals surface area (Å²) in [7, 11) is 1.96. The maximum Gasteiger partial charge on any atom is 0.240 e. The fourth-order valence-electron chi connectivity index (χ4n) is 3.05. The highest BCUT2D eigenvalue weighted by Crippen LogP contribution is 2.32. The van der Waals surface area contributed by atoms with Gasteiger partial charge >= 0.3 is 0 Å². The number of rotatable bonds is 6. The van der Waals surface area contributed by atoms with Crippen LogP contribution in [-0.2, 0) is 20.0 Å². The molecule has 1 aliphatic heterocycles. The van der Waals surface area contributed by atoms with E-state index in [2.05, 4.69) is 40.2 Å². The monoisotopic (exact) mass is 303 g/mol. The second kappa shape index (κ2) is 6.60. The van der Waals surface area contributed by atoms with Gasteiger partial charge in [-0.3, -0.25) is 9.58 Å². The van der Waals surface area contributed by atoms with Crippen LogP contribution in [0.4, 0.5) is 0 Å². The van der Waals surface area contributed by atoms with Crippen LogP contribution in [0.3, 0.4) is 0 Å². The third kappa shape index (κ3) is 3.55. The summed E-state index contributed by atoms with van der Waals surface area (Å²) in [6.07, 6.45) is 8.43. The molecule has 0 amide bonds. The van der Waals surface area contributed by atoms with E-state index in [1.807, 2.05) is 17.9 Å². The van der Waals surface area contributed by atoms with Crippen LogP contribution in [0, 0.1) is 5.92 Å². The van der Waals surface area contributed by atoms with Gasteiger partial charge in [0.05, 0.1) is 12.7 Å². The molecule has 0 spiro atoms. The summed E-state index contributed by atoms with van der Waals surface area (Å²) in [5, 5.41) is 8.39. The molecule has 120 valence electrons. The van der Waals surface area contributed by atoms with Gasteiger partial charge in [-0.25, -0.2) is 0 Å². The first-order valence-corrected chi connectivity index (χ1v) is 8.16. The average Bonchev–Trinajstić information content (AvgIpc) is 3.18. The number of aromatic nitrogens is 4. The zero-order chi connectivity index (χ0) is 15.5. The highest BCUT2D eigenvalue weighted by molar-refractivity contribution is 5.12. The van der Waals surface area contributed by atoms with Crippen LogP contribution in [0.15, 0.2) is 16.9 Å². The van der Waals surface area contributed by atoms with Crippen molar-refractivity contribution in [2.24, 2.45) is 13.0 Å². The highest BCUT2D eigenvalue weighted by Gasteiger charge is 2.28. The van der Waals surface area contributed by atoms with Gasteiger partial charge in [-0.05, 0) is 31.7 Å². The molecule has 3 rings (SSSR count). The maximum absolute atomic E-state index is 5.42. The van der Waals surface area contributed by atoms with Crippen LogP contribution in [0.2, 0.25) is 0 Å². The standard InChI is InChI=1S/C16H25N5O/c1-12(2)6-7-15-18-16(22-19-15)11-21-8-4-5-14(21)13-9-17-20(3)10-13/h9-10,12,14H,4-8,11H2,1-3H3/t14-/m0/s1. The van der Waals surface area contributed by atoms with Crippen molar-refractivity contribution in [3.63, 3.8) is 0 Å². The van der Waals surface area contributed by atoms with Crippen LogP contribution in [0.5, 0.6) is 0 Å². The molecule has 2 aromatic rings. The van der Waals surface area contributed by atoms with Crippen molar-refractivity contribution in [1.82, 2.24) is 24.8 Å². The molecule has 0 N–H and O–H groups in total. The summed E-state index contributed by atoms with van der Waals surface area (Å²) >= 11 is 0. The minimum Gasteiger partial charge on any atom is -0.338 e. The van der Waals surface area contributed by atoms with E-state index >= 15 is 0 Å². The quantitative estimate of drug-likeness (QED) is 0.821. The zero-order valence-electron chi connectivity index (χ0n) is 13.7. The molecule has 1 fully saturated rings. The van der Waals surface area contributed by atoms with Crippen molar-refractivity contribution in [3.05, 3.63) is 29.7 Å². The highest BCUT2D eigenvalue weighted by atomic mass is 16.5. The summed E-state index contributed by atoms with van der Waals surface area (Å²) in [6.45, 7) is 6.23. The predicted octanol–water partition coefficient (Wildman–Crippen LogP) is 2.73. The van der Waals surface area contributed by atoms with E-state index in [0.717, 1.165) is 37.6 Å². The zero-order valence-corrected chi connectivity index (χ0v) is 13.7. The average molecular weight is 303 g/mol. The van der Waals surface area contributed by atoms with Crippen LogP contribution < -0.4 is 0 Å². The van der Waals surface area contributed by atoms with Crippen LogP contribution in [-0.4, -0.2) is 31.4 Å². The number of hydrogen-bond donors (Lipinski definition) is 0. The summed E-state index contributed by atoms with van der Waals surface area (Å²) < 4.78 is 7.29. The molecule has 1 aliphatic rings. The summed E-state index contributed by atoms with van der Waals surface area (Å²) in [5.41, 5.74) is 1.28. The Morgan fingerprint density at radius 2 is 2.27 bits per heavy atom. The third-order valence-electron chi connectivity index (χ3n) is 4.27. The van der Waals surface area contributed by atoms with Gasteiger partial charge in [0.15, 0.2) is 5.82 Å². The normalized spacial score (nSPS) is 19.4. The Bertz CT molecular complexity index is 603. The molecule has 3 heterocycles. The second-order valence-corrected chi connectivity index (χ2v) is 6.61. The van der Waals surface area contributed by atoms with Crippen molar-refractivity contribution >= 4 is 0 Å². The fraction of sp³-hybridized carbons (Fsp3) is 0.688. The molecule has 0 aromatic carbocycles. The minimum atomic E-state index is 0.416. The molecule has 0 radical (unpaired) electrons. The molecular formula is C16H25N5O. The molecule has 0 aliphatic carbocycles. The van der Waals surface area contributed by atoms with Crippen molar-refractivity contribution in [3.8, 4) is 0 Å². The van der Waals surface area contributed by atoms with Crippen molar-refractivity contribution in [2.75, 3.05) is 6.54 Å². The van der Waals surface area contributed by atoms with E-state index in [9.17, 15) is 0 Å². The van der Waals surface area contributed by atoms with E-state index in [0.29, 0.717) is 12.0 Å². The van der Waals surface area contributed by atoms with Gasteiger partial charge in [-0.2, -0.15) is 10.1 Å². The van der Waals surface area contributed by atoms with Gasteiger partial charge in [0.2, 0.25) is 5.89 Å². The lowest BCUT2D eigenvalue weighted by Gasteiger charge is -2.21. The van der Waals surface area contributed by atoms with Gasteiger partial charge in [0.1, 0.15) is 0 Å². The lowest BCUT2D eigenvalue weighted by Crippen LogP contribution is -2.22. The Balaban J connectivity index is 1.62. The first kappa shape index (κ1) is 15.2. The molecule has 1 saturated heterocycles. The Morgan fingerprint density at radius 3 is 3.00 bits per heavy atom. The first-order valence-electron chi connectivity index (χ1n) is 8.16. The van der Waals surface area contributed by atoms with E-state index in [4.69, 9.17) is 4.52 Å². The Labute approximate surface area is 131 Å². The third-order valence-corrected chi connectivity index (χ3v) is 4.27. The van der Waals surface area contributed by atoms with E-state index in [-0.39, 0.29) is 0 Å². The lowest BCUT2D eigenvalue weighted by atomic mass is 10.1.